The van der Waals surface area contributed by atoms with Gasteiger partial charge in [-0.25, -0.2) is 0 Å². The van der Waals surface area contributed by atoms with Crippen LogP contribution in [0.2, 0.25) is 0 Å². The summed E-state index contributed by atoms with van der Waals surface area (Å²) < 4.78 is 4.84. The van der Waals surface area contributed by atoms with Crippen molar-refractivity contribution in [2.75, 3.05) is 0 Å². The third kappa shape index (κ3) is 16.2. The van der Waals surface area contributed by atoms with Crippen LogP contribution in [0.25, 0.3) is 0 Å². The van der Waals surface area contributed by atoms with Gasteiger partial charge in [0.05, 0.1) is 5.95 Å². The molecule has 0 aromatic heterocycles. The standard InChI is InChI=1S/2C15H24O.C7H14O2.CH3.Al.Li/c2*1-10-8-11(14(2,3)4)13(16)12(9-10)15(5,6)7;1-5(2)7(8)9-6(3)4;;;/h2*8-9,16H,1-7H3;6,8H,1-4H3;1H3;;/q;;;-1;+3;+1/p-3. The van der Waals surface area contributed by atoms with Crippen LogP contribution in [0.1, 0.15) is 144 Å². The van der Waals surface area contributed by atoms with E-state index >= 15 is 0 Å². The number of aryl methyl sites for hydroxylation is 2. The second kappa shape index (κ2) is 18.6. The molecule has 0 atom stereocenters. The largest absolute Gasteiger partial charge is 3.00 e. The molecule has 242 valence electrons. The predicted octanol–water partition coefficient (Wildman–Crippen LogP) is 5.42. The molecule has 0 fully saturated rings. The molecule has 44 heavy (non-hydrogen) atoms. The summed E-state index contributed by atoms with van der Waals surface area (Å²) in [7, 11) is 0. The van der Waals surface area contributed by atoms with Gasteiger partial charge in [-0.15, -0.1) is 11.5 Å². The van der Waals surface area contributed by atoms with Gasteiger partial charge >= 0.3 is 36.2 Å². The number of hydrogen-bond acceptors (Lipinski definition) is 4. The van der Waals surface area contributed by atoms with Crippen molar-refractivity contribution in [1.82, 2.24) is 0 Å². The van der Waals surface area contributed by atoms with Gasteiger partial charge in [-0.2, -0.15) is 0 Å². The molecule has 0 saturated heterocycles. The third-order valence-corrected chi connectivity index (χ3v) is 6.45. The Kier molecular flexibility index (Phi) is 20.9. The number of allylic oxidation sites excluding steroid dienone is 1. The van der Waals surface area contributed by atoms with Gasteiger partial charge in [-0.05, 0) is 77.7 Å². The van der Waals surface area contributed by atoms with Crippen LogP contribution >= 0.6 is 0 Å². The smallest absolute Gasteiger partial charge is 0.872 e. The first kappa shape index (κ1) is 49.4. The normalized spacial score (nSPS) is 11.3. The van der Waals surface area contributed by atoms with Gasteiger partial charge in [0.15, 0.2) is 0 Å². The molecule has 0 aliphatic heterocycles. The van der Waals surface area contributed by atoms with Gasteiger partial charge in [0.1, 0.15) is 0 Å². The molecule has 0 N–H and O–H groups in total. The first-order valence-electron chi connectivity index (χ1n) is 14.8. The van der Waals surface area contributed by atoms with E-state index in [1.54, 1.807) is 13.8 Å². The van der Waals surface area contributed by atoms with Crippen LogP contribution in [0, 0.1) is 21.3 Å². The molecular formula is C38H62AlLiO4. The molecule has 2 rings (SSSR count). The Morgan fingerprint density at radius 1 is 0.591 bits per heavy atom. The molecule has 0 amide bonds. The van der Waals surface area contributed by atoms with Crippen LogP contribution in [0.3, 0.4) is 0 Å². The van der Waals surface area contributed by atoms with Gasteiger partial charge in [-0.3, -0.25) is 0 Å². The van der Waals surface area contributed by atoms with Crippen LogP contribution < -0.4 is 34.2 Å². The van der Waals surface area contributed by atoms with Crippen molar-refractivity contribution in [3.05, 3.63) is 76.6 Å². The first-order chi connectivity index (χ1) is 18.1. The molecule has 4 nitrogen and oxygen atoms in total. The van der Waals surface area contributed by atoms with Gasteiger partial charge in [0, 0.05) is 0 Å². The van der Waals surface area contributed by atoms with E-state index in [1.165, 1.54) is 11.1 Å². The van der Waals surface area contributed by atoms with Crippen molar-refractivity contribution in [2.45, 2.75) is 152 Å². The number of benzene rings is 2. The summed E-state index contributed by atoms with van der Waals surface area (Å²) in [5.74, 6) is 0.223. The van der Waals surface area contributed by atoms with Crippen LogP contribution in [0.5, 0.6) is 11.5 Å². The molecule has 0 spiro atoms. The Balaban J connectivity index is -0.000000274. The maximum absolute atomic E-state index is 12.4. The Bertz CT molecular complexity index is 1030. The number of ether oxygens (including phenoxy) is 1. The summed E-state index contributed by atoms with van der Waals surface area (Å²) in [5.41, 5.74) is 6.44. The number of rotatable bonds is 2. The minimum atomic E-state index is -0.204. The third-order valence-electron chi connectivity index (χ3n) is 6.45. The summed E-state index contributed by atoms with van der Waals surface area (Å²) in [6.07, 6.45) is -0.00704. The van der Waals surface area contributed by atoms with E-state index in [2.05, 4.69) is 96.9 Å². The summed E-state index contributed by atoms with van der Waals surface area (Å²) >= 11 is 0. The van der Waals surface area contributed by atoms with E-state index in [1.807, 2.05) is 38.1 Å². The molecule has 0 aliphatic rings. The summed E-state index contributed by atoms with van der Waals surface area (Å²) in [5, 5.41) is 35.5. The van der Waals surface area contributed by atoms with Gasteiger partial charge < -0.3 is 27.5 Å². The Morgan fingerprint density at radius 2 is 0.795 bits per heavy atom. The summed E-state index contributed by atoms with van der Waals surface area (Å²) in [6, 6.07) is 8.10. The predicted molar refractivity (Wildman–Crippen MR) is 183 cm³/mol. The molecule has 0 heterocycles. The van der Waals surface area contributed by atoms with E-state index < -0.39 is 0 Å². The zero-order chi connectivity index (χ0) is 32.9. The van der Waals surface area contributed by atoms with Crippen molar-refractivity contribution >= 4 is 17.4 Å². The number of hydrogen-bond donors (Lipinski definition) is 0. The molecule has 0 radical (unpaired) electrons. The van der Waals surface area contributed by atoms with Crippen molar-refractivity contribution in [3.63, 3.8) is 0 Å². The molecule has 0 aliphatic carbocycles. The Morgan fingerprint density at radius 3 is 0.909 bits per heavy atom. The molecule has 0 unspecified atom stereocenters. The van der Waals surface area contributed by atoms with Crippen molar-refractivity contribution in [1.29, 1.82) is 0 Å². The topological polar surface area (TPSA) is 78.4 Å². The van der Waals surface area contributed by atoms with E-state index in [9.17, 15) is 15.3 Å². The Hall–Kier alpha value is -1.49. The zero-order valence-corrected chi connectivity index (χ0v) is 33.3. The van der Waals surface area contributed by atoms with E-state index in [-0.39, 0.29) is 88.9 Å². The maximum atomic E-state index is 12.4. The molecule has 6 heteroatoms. The molecule has 2 aromatic carbocycles. The van der Waals surface area contributed by atoms with Crippen LogP contribution in [0.4, 0.5) is 0 Å². The second-order valence-electron chi connectivity index (χ2n) is 15.8. The summed E-state index contributed by atoms with van der Waals surface area (Å²) in [6.45, 7) is 36.4. The summed E-state index contributed by atoms with van der Waals surface area (Å²) in [4.78, 5) is 0. The SMILES string of the molecule is CC(C)=C([O-])OC(C)C.Cc1cc(C(C)(C)C)c([O-])c(C(C)(C)C)c1.Cc1cc(C(C)(C)C)c([O-])c(C(C)(C)C)c1.[Al+3].[CH3-].[Li+]. The van der Waals surface area contributed by atoms with E-state index in [0.29, 0.717) is 5.57 Å². The Labute approximate surface area is 295 Å². The second-order valence-corrected chi connectivity index (χ2v) is 15.8. The van der Waals surface area contributed by atoms with E-state index in [0.717, 1.165) is 22.3 Å². The fourth-order valence-electron chi connectivity index (χ4n) is 4.11. The molecule has 0 saturated carbocycles. The van der Waals surface area contributed by atoms with Gasteiger partial charge in [0.2, 0.25) is 0 Å². The van der Waals surface area contributed by atoms with Crippen LogP contribution in [0.15, 0.2) is 35.8 Å². The maximum Gasteiger partial charge on any atom is 3.00 e. The zero-order valence-electron chi connectivity index (χ0n) is 32.1. The average Bonchev–Trinajstić information content (AvgIpc) is 2.73. The average molecular weight is 617 g/mol. The molecule has 0 bridgehead atoms. The molecule has 2 aromatic rings. The minimum absolute atomic E-state index is 0. The fraction of sp³-hybridized carbons (Fsp3) is 0.605. The van der Waals surface area contributed by atoms with E-state index in [4.69, 9.17) is 4.74 Å². The van der Waals surface area contributed by atoms with Crippen LogP contribution in [-0.2, 0) is 26.4 Å². The van der Waals surface area contributed by atoms with Crippen molar-refractivity contribution in [2.24, 2.45) is 0 Å². The molecular weight excluding hydrogens is 554 g/mol. The van der Waals surface area contributed by atoms with Gasteiger partial charge in [-0.1, -0.05) is 138 Å². The van der Waals surface area contributed by atoms with Crippen molar-refractivity contribution in [3.8, 4) is 11.5 Å². The first-order valence-corrected chi connectivity index (χ1v) is 14.8. The van der Waals surface area contributed by atoms with Crippen molar-refractivity contribution < 1.29 is 38.9 Å². The minimum Gasteiger partial charge on any atom is -0.872 e. The van der Waals surface area contributed by atoms with Gasteiger partial charge in [0.25, 0.3) is 0 Å². The quantitative estimate of drug-likeness (QED) is 0.256. The fourth-order valence-corrected chi connectivity index (χ4v) is 4.11. The monoisotopic (exact) mass is 616 g/mol. The van der Waals surface area contributed by atoms with Crippen LogP contribution in [-0.4, -0.2) is 23.5 Å².